The van der Waals surface area contributed by atoms with Crippen molar-refractivity contribution in [2.75, 3.05) is 7.05 Å². The van der Waals surface area contributed by atoms with E-state index >= 15 is 0 Å². The van der Waals surface area contributed by atoms with Gasteiger partial charge in [-0.05, 0) is 51.3 Å². The Morgan fingerprint density at radius 2 is 1.76 bits per heavy atom. The van der Waals surface area contributed by atoms with Gasteiger partial charge in [0, 0.05) is 7.05 Å². The first-order valence-electron chi connectivity index (χ1n) is 6.78. The molecule has 1 N–H and O–H groups in total. The second kappa shape index (κ2) is 6.16. The van der Waals surface area contributed by atoms with Crippen LogP contribution in [0.4, 0.5) is 4.79 Å². The highest BCUT2D eigenvalue weighted by Gasteiger charge is 2.31. The smallest absolute Gasteiger partial charge is 0.411 e. The Hall–Kier alpha value is -2.04. The average molecular weight is 293 g/mol. The fourth-order valence-corrected chi connectivity index (χ4v) is 1.91. The maximum absolute atomic E-state index is 12.1. The molecule has 0 spiro atoms. The third kappa shape index (κ3) is 4.48. The van der Waals surface area contributed by atoms with Gasteiger partial charge in [-0.1, -0.05) is 18.2 Å². The summed E-state index contributed by atoms with van der Waals surface area (Å²) in [4.78, 5) is 24.7. The fourth-order valence-electron chi connectivity index (χ4n) is 1.91. The lowest BCUT2D eigenvalue weighted by molar-refractivity contribution is -0.142. The van der Waals surface area contributed by atoms with E-state index in [0.29, 0.717) is 5.56 Å². The van der Waals surface area contributed by atoms with Crippen LogP contribution in [0.15, 0.2) is 18.2 Å². The summed E-state index contributed by atoms with van der Waals surface area (Å²) in [6.45, 7) is 9.08. The minimum absolute atomic E-state index is 0.555. The van der Waals surface area contributed by atoms with Gasteiger partial charge in [-0.3, -0.25) is 4.90 Å². The Morgan fingerprint density at radius 3 is 2.19 bits per heavy atom. The number of rotatable bonds is 3. The molecule has 5 nitrogen and oxygen atoms in total. The summed E-state index contributed by atoms with van der Waals surface area (Å²) in [5.74, 6) is -1.09. The molecular formula is C16H23NO4. The Kier molecular flexibility index (Phi) is 4.99. The van der Waals surface area contributed by atoms with Gasteiger partial charge in [0.25, 0.3) is 0 Å². The normalized spacial score (nSPS) is 12.7. The lowest BCUT2D eigenvalue weighted by Gasteiger charge is -2.29. The summed E-state index contributed by atoms with van der Waals surface area (Å²) in [5, 5.41) is 9.46. The quantitative estimate of drug-likeness (QED) is 0.928. The number of hydrogen-bond donors (Lipinski definition) is 1. The van der Waals surface area contributed by atoms with Crippen LogP contribution in [0.2, 0.25) is 0 Å². The molecule has 0 saturated carbocycles. The molecule has 0 aliphatic heterocycles. The van der Waals surface area contributed by atoms with Crippen molar-refractivity contribution in [2.24, 2.45) is 0 Å². The molecule has 0 aliphatic carbocycles. The molecule has 0 saturated heterocycles. The number of ether oxygens (including phenoxy) is 1. The second-order valence-corrected chi connectivity index (χ2v) is 6.18. The number of hydrogen-bond acceptors (Lipinski definition) is 3. The highest BCUT2D eigenvalue weighted by Crippen LogP contribution is 2.24. The number of likely N-dealkylation sites (N-methyl/N-ethyl adjacent to an activating group) is 1. The fraction of sp³-hybridized carbons (Fsp3) is 0.500. The number of amides is 1. The van der Waals surface area contributed by atoms with E-state index in [-0.39, 0.29) is 0 Å². The van der Waals surface area contributed by atoms with Crippen LogP contribution in [-0.2, 0) is 9.53 Å². The standard InChI is InChI=1S/C16H23NO4/c1-10-7-8-12(9-11(10)2)13(14(18)19)17(6)15(20)21-16(3,4)5/h7-9,13H,1-6H3,(H,18,19). The number of carboxylic acid groups (broad SMARTS) is 1. The van der Waals surface area contributed by atoms with Gasteiger partial charge in [0.15, 0.2) is 6.04 Å². The number of benzene rings is 1. The first-order chi connectivity index (χ1) is 9.53. The predicted molar refractivity (Wildman–Crippen MR) is 80.3 cm³/mol. The van der Waals surface area contributed by atoms with E-state index in [0.717, 1.165) is 16.0 Å². The molecule has 0 aromatic heterocycles. The molecular weight excluding hydrogens is 270 g/mol. The van der Waals surface area contributed by atoms with E-state index in [1.807, 2.05) is 19.9 Å². The zero-order valence-corrected chi connectivity index (χ0v) is 13.4. The van der Waals surface area contributed by atoms with Crippen LogP contribution in [0, 0.1) is 13.8 Å². The van der Waals surface area contributed by atoms with Crippen molar-refractivity contribution in [1.82, 2.24) is 4.90 Å². The third-order valence-electron chi connectivity index (χ3n) is 3.15. The second-order valence-electron chi connectivity index (χ2n) is 6.18. The molecule has 5 heteroatoms. The van der Waals surface area contributed by atoms with Crippen molar-refractivity contribution >= 4 is 12.1 Å². The topological polar surface area (TPSA) is 66.8 Å². The summed E-state index contributed by atoms with van der Waals surface area (Å²) in [6, 6.07) is 4.29. The maximum Gasteiger partial charge on any atom is 0.411 e. The Balaban J connectivity index is 3.09. The molecule has 0 heterocycles. The molecule has 1 rings (SSSR count). The highest BCUT2D eigenvalue weighted by molar-refractivity contribution is 5.81. The summed E-state index contributed by atoms with van der Waals surface area (Å²) in [5.41, 5.74) is 1.94. The number of carboxylic acids is 1. The molecule has 0 aliphatic rings. The molecule has 1 amide bonds. The lowest BCUT2D eigenvalue weighted by atomic mass is 10.0. The zero-order valence-electron chi connectivity index (χ0n) is 13.4. The van der Waals surface area contributed by atoms with Crippen LogP contribution in [0.25, 0.3) is 0 Å². The van der Waals surface area contributed by atoms with E-state index in [4.69, 9.17) is 4.74 Å². The minimum Gasteiger partial charge on any atom is -0.479 e. The Labute approximate surface area is 125 Å². The molecule has 0 bridgehead atoms. The number of nitrogens with zero attached hydrogens (tertiary/aromatic N) is 1. The minimum atomic E-state index is -1.09. The average Bonchev–Trinajstić information content (AvgIpc) is 2.31. The molecule has 1 aromatic rings. The van der Waals surface area contributed by atoms with Crippen molar-refractivity contribution in [3.63, 3.8) is 0 Å². The van der Waals surface area contributed by atoms with Crippen molar-refractivity contribution in [3.8, 4) is 0 Å². The van der Waals surface area contributed by atoms with Gasteiger partial charge in [0.05, 0.1) is 0 Å². The van der Waals surface area contributed by atoms with Crippen LogP contribution in [-0.4, -0.2) is 34.7 Å². The first kappa shape index (κ1) is 17.0. The molecule has 1 atom stereocenters. The van der Waals surface area contributed by atoms with E-state index in [1.54, 1.807) is 32.9 Å². The lowest BCUT2D eigenvalue weighted by Crippen LogP contribution is -2.39. The molecule has 1 unspecified atom stereocenters. The number of carbonyl (C=O) groups is 2. The van der Waals surface area contributed by atoms with Gasteiger partial charge < -0.3 is 9.84 Å². The summed E-state index contributed by atoms with van der Waals surface area (Å²) in [6.07, 6.45) is -0.659. The van der Waals surface area contributed by atoms with Crippen molar-refractivity contribution < 1.29 is 19.4 Å². The van der Waals surface area contributed by atoms with E-state index in [2.05, 4.69) is 0 Å². The van der Waals surface area contributed by atoms with Crippen LogP contribution in [0.1, 0.15) is 43.5 Å². The van der Waals surface area contributed by atoms with Gasteiger partial charge in [-0.25, -0.2) is 9.59 Å². The van der Waals surface area contributed by atoms with Gasteiger partial charge in [0.2, 0.25) is 0 Å². The molecule has 21 heavy (non-hydrogen) atoms. The van der Waals surface area contributed by atoms with Crippen molar-refractivity contribution in [3.05, 3.63) is 34.9 Å². The number of carbonyl (C=O) groups excluding carboxylic acids is 1. The molecule has 0 fully saturated rings. The Bertz CT molecular complexity index is 546. The molecule has 1 aromatic carbocycles. The van der Waals surface area contributed by atoms with Gasteiger partial charge >= 0.3 is 12.1 Å². The maximum atomic E-state index is 12.1. The van der Waals surface area contributed by atoms with Crippen LogP contribution in [0.5, 0.6) is 0 Å². The van der Waals surface area contributed by atoms with Crippen LogP contribution in [0.3, 0.4) is 0 Å². The predicted octanol–water partition coefficient (Wildman–Crippen LogP) is 3.30. The summed E-state index contributed by atoms with van der Waals surface area (Å²) >= 11 is 0. The van der Waals surface area contributed by atoms with Gasteiger partial charge in [0.1, 0.15) is 5.60 Å². The summed E-state index contributed by atoms with van der Waals surface area (Å²) in [7, 11) is 1.43. The van der Waals surface area contributed by atoms with Crippen LogP contribution >= 0.6 is 0 Å². The van der Waals surface area contributed by atoms with E-state index < -0.39 is 23.7 Å². The number of aliphatic carboxylic acids is 1. The van der Waals surface area contributed by atoms with Crippen molar-refractivity contribution in [1.29, 1.82) is 0 Å². The van der Waals surface area contributed by atoms with E-state index in [9.17, 15) is 14.7 Å². The molecule has 0 radical (unpaired) electrons. The van der Waals surface area contributed by atoms with Gasteiger partial charge in [-0.2, -0.15) is 0 Å². The Morgan fingerprint density at radius 1 is 1.19 bits per heavy atom. The first-order valence-corrected chi connectivity index (χ1v) is 6.78. The summed E-state index contributed by atoms with van der Waals surface area (Å²) < 4.78 is 5.23. The largest absolute Gasteiger partial charge is 0.479 e. The monoisotopic (exact) mass is 293 g/mol. The van der Waals surface area contributed by atoms with Crippen molar-refractivity contribution in [2.45, 2.75) is 46.3 Å². The SMILES string of the molecule is Cc1ccc(C(C(=O)O)N(C)C(=O)OC(C)(C)C)cc1C. The van der Waals surface area contributed by atoms with Crippen LogP contribution < -0.4 is 0 Å². The highest BCUT2D eigenvalue weighted by atomic mass is 16.6. The number of aryl methyl sites for hydroxylation is 2. The zero-order chi connectivity index (χ0) is 16.4. The third-order valence-corrected chi connectivity index (χ3v) is 3.15. The van der Waals surface area contributed by atoms with Gasteiger partial charge in [-0.15, -0.1) is 0 Å². The van der Waals surface area contributed by atoms with E-state index in [1.165, 1.54) is 7.05 Å². The molecule has 116 valence electrons.